The van der Waals surface area contributed by atoms with E-state index in [1.807, 2.05) is 12.1 Å². The van der Waals surface area contributed by atoms with Gasteiger partial charge in [-0.15, -0.1) is 0 Å². The highest BCUT2D eigenvalue weighted by Crippen LogP contribution is 2.25. The van der Waals surface area contributed by atoms with Crippen molar-refractivity contribution in [2.45, 2.75) is 44.6 Å². The number of rotatable bonds is 2. The van der Waals surface area contributed by atoms with E-state index in [2.05, 4.69) is 30.1 Å². The van der Waals surface area contributed by atoms with E-state index in [4.69, 9.17) is 5.26 Å². The number of benzene rings is 1. The fourth-order valence-electron chi connectivity index (χ4n) is 2.63. The summed E-state index contributed by atoms with van der Waals surface area (Å²) in [5.41, 5.74) is 1.97. The van der Waals surface area contributed by atoms with Gasteiger partial charge in [-0.1, -0.05) is 25.7 Å². The van der Waals surface area contributed by atoms with Crippen LogP contribution in [0.2, 0.25) is 0 Å². The first-order chi connectivity index (χ1) is 8.31. The molecule has 1 aliphatic rings. The van der Waals surface area contributed by atoms with Crippen LogP contribution in [0.1, 0.15) is 44.1 Å². The third-order valence-electron chi connectivity index (χ3n) is 3.78. The molecule has 0 atom stereocenters. The van der Waals surface area contributed by atoms with Crippen molar-refractivity contribution in [1.82, 2.24) is 0 Å². The summed E-state index contributed by atoms with van der Waals surface area (Å²) in [6.45, 7) is 0. The Balaban J connectivity index is 2.06. The molecule has 90 valence electrons. The number of hydrogen-bond acceptors (Lipinski definition) is 2. The lowest BCUT2D eigenvalue weighted by molar-refractivity contribution is 0.553. The van der Waals surface area contributed by atoms with Crippen molar-refractivity contribution >= 4 is 5.69 Å². The molecule has 0 bridgehead atoms. The van der Waals surface area contributed by atoms with Gasteiger partial charge in [0.2, 0.25) is 0 Å². The molecule has 0 heterocycles. The molecule has 0 unspecified atom stereocenters. The molecule has 1 saturated carbocycles. The summed E-state index contributed by atoms with van der Waals surface area (Å²) < 4.78 is 0. The molecule has 1 aromatic rings. The zero-order valence-electron chi connectivity index (χ0n) is 10.5. The lowest BCUT2D eigenvalue weighted by Crippen LogP contribution is -2.30. The normalized spacial score (nSPS) is 17.2. The van der Waals surface area contributed by atoms with Gasteiger partial charge >= 0.3 is 0 Å². The van der Waals surface area contributed by atoms with Crippen molar-refractivity contribution in [3.05, 3.63) is 29.8 Å². The zero-order valence-corrected chi connectivity index (χ0v) is 10.5. The molecule has 0 saturated heterocycles. The molecular weight excluding hydrogens is 208 g/mol. The smallest absolute Gasteiger partial charge is 0.0991 e. The summed E-state index contributed by atoms with van der Waals surface area (Å²) >= 11 is 0. The lowest BCUT2D eigenvalue weighted by atomic mass is 10.1. The predicted octanol–water partition coefficient (Wildman–Crippen LogP) is 3.72. The maximum atomic E-state index is 8.79. The Hall–Kier alpha value is -1.49. The molecule has 0 aliphatic heterocycles. The molecule has 2 heteroatoms. The van der Waals surface area contributed by atoms with Gasteiger partial charge in [0.05, 0.1) is 11.6 Å². The van der Waals surface area contributed by atoms with Crippen LogP contribution in [0.5, 0.6) is 0 Å². The molecular formula is C15H20N2. The van der Waals surface area contributed by atoms with Crippen LogP contribution in [0.4, 0.5) is 5.69 Å². The Kier molecular flexibility index (Phi) is 4.03. The number of nitriles is 1. The summed E-state index contributed by atoms with van der Waals surface area (Å²) in [6.07, 6.45) is 8.08. The second-order valence-corrected chi connectivity index (χ2v) is 4.91. The molecule has 0 amide bonds. The van der Waals surface area contributed by atoms with Crippen molar-refractivity contribution in [3.8, 4) is 6.07 Å². The second-order valence-electron chi connectivity index (χ2n) is 4.91. The van der Waals surface area contributed by atoms with Crippen molar-refractivity contribution in [3.63, 3.8) is 0 Å². The third-order valence-corrected chi connectivity index (χ3v) is 3.78. The number of nitrogens with zero attached hydrogens (tertiary/aromatic N) is 2. The minimum atomic E-state index is 0.672. The van der Waals surface area contributed by atoms with Crippen molar-refractivity contribution in [1.29, 1.82) is 5.26 Å². The van der Waals surface area contributed by atoms with Gasteiger partial charge in [0.25, 0.3) is 0 Å². The predicted molar refractivity (Wildman–Crippen MR) is 71.1 cm³/mol. The minimum absolute atomic E-state index is 0.672. The van der Waals surface area contributed by atoms with E-state index in [0.29, 0.717) is 6.04 Å². The maximum Gasteiger partial charge on any atom is 0.0991 e. The van der Waals surface area contributed by atoms with E-state index in [1.54, 1.807) is 0 Å². The molecule has 0 spiro atoms. The summed E-state index contributed by atoms with van der Waals surface area (Å²) in [5, 5.41) is 8.79. The van der Waals surface area contributed by atoms with Gasteiger partial charge in [0, 0.05) is 18.8 Å². The Labute approximate surface area is 104 Å². The molecule has 0 radical (unpaired) electrons. The van der Waals surface area contributed by atoms with Gasteiger partial charge in [0.15, 0.2) is 0 Å². The fourth-order valence-corrected chi connectivity index (χ4v) is 2.63. The Bertz CT molecular complexity index is 380. The summed E-state index contributed by atoms with van der Waals surface area (Å²) in [7, 11) is 2.18. The van der Waals surface area contributed by atoms with Crippen molar-refractivity contribution in [2.24, 2.45) is 0 Å². The van der Waals surface area contributed by atoms with Crippen LogP contribution in [0.3, 0.4) is 0 Å². The average molecular weight is 228 g/mol. The Morgan fingerprint density at radius 1 is 1.06 bits per heavy atom. The van der Waals surface area contributed by atoms with Crippen LogP contribution >= 0.6 is 0 Å². The largest absolute Gasteiger partial charge is 0.372 e. The van der Waals surface area contributed by atoms with Crippen molar-refractivity contribution < 1.29 is 0 Å². The lowest BCUT2D eigenvalue weighted by Gasteiger charge is -2.29. The molecule has 1 fully saturated rings. The molecule has 17 heavy (non-hydrogen) atoms. The van der Waals surface area contributed by atoms with E-state index in [1.165, 1.54) is 44.2 Å². The van der Waals surface area contributed by atoms with Gasteiger partial charge < -0.3 is 4.90 Å². The Morgan fingerprint density at radius 2 is 1.65 bits per heavy atom. The fraction of sp³-hybridized carbons (Fsp3) is 0.533. The SMILES string of the molecule is CN(c1ccc(C#N)cc1)C1CCCCCC1. The molecule has 0 aromatic heterocycles. The highest BCUT2D eigenvalue weighted by atomic mass is 15.1. The van der Waals surface area contributed by atoms with Crippen LogP contribution in [-0.2, 0) is 0 Å². The monoisotopic (exact) mass is 228 g/mol. The first-order valence-corrected chi connectivity index (χ1v) is 6.54. The van der Waals surface area contributed by atoms with Crippen LogP contribution in [-0.4, -0.2) is 13.1 Å². The van der Waals surface area contributed by atoms with E-state index in [9.17, 15) is 0 Å². The highest BCUT2D eigenvalue weighted by molar-refractivity contribution is 5.49. The summed E-state index contributed by atoms with van der Waals surface area (Å²) in [5.74, 6) is 0. The van der Waals surface area contributed by atoms with Crippen LogP contribution < -0.4 is 4.90 Å². The standard InChI is InChI=1S/C15H20N2/c1-17(14-6-4-2-3-5-7-14)15-10-8-13(12-16)9-11-15/h8-11,14H,2-7H2,1H3. The number of hydrogen-bond donors (Lipinski definition) is 0. The van der Waals surface area contributed by atoms with Crippen molar-refractivity contribution in [2.75, 3.05) is 11.9 Å². The van der Waals surface area contributed by atoms with E-state index < -0.39 is 0 Å². The van der Waals surface area contributed by atoms with Gasteiger partial charge in [-0.05, 0) is 37.1 Å². The first kappa shape index (κ1) is 12.0. The van der Waals surface area contributed by atoms with Crippen LogP contribution in [0, 0.1) is 11.3 Å². The molecule has 2 nitrogen and oxygen atoms in total. The maximum absolute atomic E-state index is 8.79. The molecule has 0 N–H and O–H groups in total. The molecule has 1 aliphatic carbocycles. The van der Waals surface area contributed by atoms with Gasteiger partial charge in [-0.25, -0.2) is 0 Å². The van der Waals surface area contributed by atoms with Crippen LogP contribution in [0.15, 0.2) is 24.3 Å². The quantitative estimate of drug-likeness (QED) is 0.721. The van der Waals surface area contributed by atoms with Gasteiger partial charge in [0.1, 0.15) is 0 Å². The Morgan fingerprint density at radius 3 is 2.18 bits per heavy atom. The van der Waals surface area contributed by atoms with Crippen LogP contribution in [0.25, 0.3) is 0 Å². The van der Waals surface area contributed by atoms with E-state index in [0.717, 1.165) is 5.56 Å². The third kappa shape index (κ3) is 3.00. The highest BCUT2D eigenvalue weighted by Gasteiger charge is 2.16. The summed E-state index contributed by atoms with van der Waals surface area (Å²) in [4.78, 5) is 2.38. The average Bonchev–Trinajstić information content (AvgIpc) is 2.67. The summed E-state index contributed by atoms with van der Waals surface area (Å²) in [6, 6.07) is 10.8. The second kappa shape index (κ2) is 5.72. The molecule has 1 aromatic carbocycles. The zero-order chi connectivity index (χ0) is 12.1. The van der Waals surface area contributed by atoms with E-state index >= 15 is 0 Å². The minimum Gasteiger partial charge on any atom is -0.372 e. The van der Waals surface area contributed by atoms with E-state index in [-0.39, 0.29) is 0 Å². The van der Waals surface area contributed by atoms with Gasteiger partial charge in [-0.3, -0.25) is 0 Å². The topological polar surface area (TPSA) is 27.0 Å². The van der Waals surface area contributed by atoms with Gasteiger partial charge in [-0.2, -0.15) is 5.26 Å². The number of anilines is 1. The molecule has 2 rings (SSSR count). The first-order valence-electron chi connectivity index (χ1n) is 6.54.